The van der Waals surface area contributed by atoms with E-state index < -0.39 is 6.10 Å². The first kappa shape index (κ1) is 13.8. The maximum Gasteiger partial charge on any atom is 0.211 e. The predicted octanol–water partition coefficient (Wildman–Crippen LogP) is 1.40. The fourth-order valence-electron chi connectivity index (χ4n) is 1.78. The van der Waals surface area contributed by atoms with Crippen LogP contribution in [0.2, 0.25) is 0 Å². The van der Waals surface area contributed by atoms with E-state index in [9.17, 15) is 5.11 Å². The van der Waals surface area contributed by atoms with Gasteiger partial charge in [0, 0.05) is 5.56 Å². The van der Waals surface area contributed by atoms with Gasteiger partial charge < -0.3 is 16.6 Å². The Morgan fingerprint density at radius 3 is 1.95 bits per heavy atom. The molecule has 0 aliphatic rings. The zero-order chi connectivity index (χ0) is 14.4. The van der Waals surface area contributed by atoms with Gasteiger partial charge in [-0.3, -0.25) is 0 Å². The number of aliphatic hydroxyl groups is 1. The van der Waals surface area contributed by atoms with Crippen LogP contribution in [0.1, 0.15) is 17.2 Å². The molecule has 0 saturated carbocycles. The minimum atomic E-state index is -0.901. The van der Waals surface area contributed by atoms with Crippen molar-refractivity contribution in [2.75, 3.05) is 0 Å². The number of nitrogens with two attached hydrogens (primary N) is 2. The molecule has 5 nitrogen and oxygen atoms in total. The highest BCUT2D eigenvalue weighted by Crippen LogP contribution is 2.19. The molecule has 2 aromatic rings. The lowest BCUT2D eigenvalue weighted by Gasteiger charge is -2.13. The average Bonchev–Trinajstić information content (AvgIpc) is 2.49. The third kappa shape index (κ3) is 3.43. The summed E-state index contributed by atoms with van der Waals surface area (Å²) in [4.78, 5) is 0. The topological polar surface area (TPSA) is 97.0 Å². The van der Waals surface area contributed by atoms with Crippen LogP contribution in [0.25, 0.3) is 0 Å². The maximum atomic E-state index is 10.5. The summed E-state index contributed by atoms with van der Waals surface area (Å²) in [5.41, 5.74) is 12.5. The molecule has 0 heterocycles. The molecule has 0 radical (unpaired) electrons. The van der Waals surface area contributed by atoms with Gasteiger partial charge in [-0.2, -0.15) is 0 Å². The smallest absolute Gasteiger partial charge is 0.211 e. The van der Waals surface area contributed by atoms with Crippen molar-refractivity contribution in [2.24, 2.45) is 21.7 Å². The number of nitrogens with zero attached hydrogens (tertiary/aromatic N) is 2. The summed E-state index contributed by atoms with van der Waals surface area (Å²) in [5, 5.41) is 18.1. The molecule has 0 bridgehead atoms. The summed E-state index contributed by atoms with van der Waals surface area (Å²) >= 11 is 0. The molecular weight excluding hydrogens is 252 g/mol. The number of guanidine groups is 1. The van der Waals surface area contributed by atoms with Crippen LogP contribution >= 0.6 is 0 Å². The summed E-state index contributed by atoms with van der Waals surface area (Å²) in [7, 11) is 0. The van der Waals surface area contributed by atoms with E-state index in [1.165, 1.54) is 0 Å². The van der Waals surface area contributed by atoms with E-state index in [-0.39, 0.29) is 5.96 Å². The second kappa shape index (κ2) is 6.49. The van der Waals surface area contributed by atoms with Crippen molar-refractivity contribution < 1.29 is 5.11 Å². The molecule has 2 rings (SSSR count). The minimum absolute atomic E-state index is 0.154. The molecule has 0 aromatic heterocycles. The van der Waals surface area contributed by atoms with Gasteiger partial charge in [0.05, 0.1) is 0 Å². The Balaban J connectivity index is 2.42. The van der Waals surface area contributed by atoms with Gasteiger partial charge in [-0.25, -0.2) is 0 Å². The van der Waals surface area contributed by atoms with Crippen LogP contribution in [0, 0.1) is 0 Å². The Labute approximate surface area is 117 Å². The first-order chi connectivity index (χ1) is 9.68. The largest absolute Gasteiger partial charge is 0.382 e. The van der Waals surface area contributed by atoms with Crippen molar-refractivity contribution in [3.8, 4) is 0 Å². The molecule has 0 saturated heterocycles. The quantitative estimate of drug-likeness (QED) is 0.444. The van der Waals surface area contributed by atoms with E-state index in [4.69, 9.17) is 11.5 Å². The molecule has 0 amide bonds. The van der Waals surface area contributed by atoms with Gasteiger partial charge >= 0.3 is 0 Å². The van der Waals surface area contributed by atoms with Crippen molar-refractivity contribution >= 4 is 11.7 Å². The number of rotatable bonds is 4. The molecule has 20 heavy (non-hydrogen) atoms. The molecule has 1 atom stereocenters. The highest BCUT2D eigenvalue weighted by Gasteiger charge is 2.17. The lowest BCUT2D eigenvalue weighted by atomic mass is 9.99. The molecule has 0 aliphatic carbocycles. The van der Waals surface area contributed by atoms with Crippen LogP contribution in [0.5, 0.6) is 0 Å². The van der Waals surface area contributed by atoms with Gasteiger partial charge in [0.2, 0.25) is 5.96 Å². The standard InChI is InChI=1S/C15H16N4O/c16-15(17)19-18-13(11-7-3-1-4-8-11)14(20)12-9-5-2-6-10-12/h1-10,14,20H,(H4,16,17,19)/b18-13+/t14-/m1/s1. The van der Waals surface area contributed by atoms with Crippen LogP contribution in [-0.4, -0.2) is 16.8 Å². The van der Waals surface area contributed by atoms with E-state index in [0.29, 0.717) is 5.71 Å². The number of aliphatic hydroxyl groups excluding tert-OH is 1. The van der Waals surface area contributed by atoms with E-state index >= 15 is 0 Å². The first-order valence-electron chi connectivity index (χ1n) is 6.13. The summed E-state index contributed by atoms with van der Waals surface area (Å²) in [5.74, 6) is -0.154. The lowest BCUT2D eigenvalue weighted by molar-refractivity contribution is 0.247. The Hall–Kier alpha value is -2.66. The molecule has 2 aromatic carbocycles. The van der Waals surface area contributed by atoms with Crippen molar-refractivity contribution in [3.05, 3.63) is 71.8 Å². The van der Waals surface area contributed by atoms with Crippen molar-refractivity contribution in [1.82, 2.24) is 0 Å². The molecule has 102 valence electrons. The lowest BCUT2D eigenvalue weighted by Crippen LogP contribution is -2.22. The van der Waals surface area contributed by atoms with Crippen LogP contribution < -0.4 is 11.5 Å². The summed E-state index contributed by atoms with van der Waals surface area (Å²) < 4.78 is 0. The second-order valence-corrected chi connectivity index (χ2v) is 4.19. The Morgan fingerprint density at radius 1 is 0.850 bits per heavy atom. The Kier molecular flexibility index (Phi) is 4.47. The van der Waals surface area contributed by atoms with Crippen LogP contribution in [0.15, 0.2) is 70.9 Å². The van der Waals surface area contributed by atoms with E-state index in [2.05, 4.69) is 10.2 Å². The predicted molar refractivity (Wildman–Crippen MR) is 80.2 cm³/mol. The highest BCUT2D eigenvalue weighted by atomic mass is 16.3. The van der Waals surface area contributed by atoms with Gasteiger partial charge in [0.15, 0.2) is 0 Å². The molecule has 0 fully saturated rings. The van der Waals surface area contributed by atoms with Crippen LogP contribution in [-0.2, 0) is 0 Å². The van der Waals surface area contributed by atoms with Crippen LogP contribution in [0.3, 0.4) is 0 Å². The highest BCUT2D eigenvalue weighted by molar-refractivity contribution is 6.04. The SMILES string of the molecule is NC(N)=N/N=C(\c1ccccc1)[C@H](O)c1ccccc1. The number of hydrogen-bond acceptors (Lipinski definition) is 3. The third-order valence-corrected chi connectivity index (χ3v) is 2.72. The molecular formula is C15H16N4O. The van der Waals surface area contributed by atoms with E-state index in [0.717, 1.165) is 11.1 Å². The molecule has 5 N–H and O–H groups in total. The zero-order valence-corrected chi connectivity index (χ0v) is 10.8. The van der Waals surface area contributed by atoms with Gasteiger partial charge in [-0.1, -0.05) is 60.7 Å². The summed E-state index contributed by atoms with van der Waals surface area (Å²) in [6, 6.07) is 18.5. The van der Waals surface area contributed by atoms with Gasteiger partial charge in [-0.15, -0.1) is 10.2 Å². The summed E-state index contributed by atoms with van der Waals surface area (Å²) in [6.07, 6.45) is -0.901. The normalized spacial score (nSPS) is 12.8. The van der Waals surface area contributed by atoms with E-state index in [1.54, 1.807) is 0 Å². The molecule has 0 spiro atoms. The van der Waals surface area contributed by atoms with Gasteiger partial charge in [0.1, 0.15) is 11.8 Å². The third-order valence-electron chi connectivity index (χ3n) is 2.72. The molecule has 5 heteroatoms. The molecule has 0 aliphatic heterocycles. The zero-order valence-electron chi connectivity index (χ0n) is 10.8. The van der Waals surface area contributed by atoms with Crippen molar-refractivity contribution in [3.63, 3.8) is 0 Å². The number of benzene rings is 2. The molecule has 0 unspecified atom stereocenters. The van der Waals surface area contributed by atoms with Gasteiger partial charge in [-0.05, 0) is 5.56 Å². The van der Waals surface area contributed by atoms with Crippen molar-refractivity contribution in [1.29, 1.82) is 0 Å². The average molecular weight is 268 g/mol. The minimum Gasteiger partial charge on any atom is -0.382 e. The van der Waals surface area contributed by atoms with Crippen molar-refractivity contribution in [2.45, 2.75) is 6.10 Å². The second-order valence-electron chi connectivity index (χ2n) is 4.19. The fraction of sp³-hybridized carbons (Fsp3) is 0.0667. The summed E-state index contributed by atoms with van der Waals surface area (Å²) in [6.45, 7) is 0. The van der Waals surface area contributed by atoms with Crippen LogP contribution in [0.4, 0.5) is 0 Å². The Bertz CT molecular complexity index is 604. The van der Waals surface area contributed by atoms with Gasteiger partial charge in [0.25, 0.3) is 0 Å². The fourth-order valence-corrected chi connectivity index (χ4v) is 1.78. The number of hydrogen-bond donors (Lipinski definition) is 3. The first-order valence-corrected chi connectivity index (χ1v) is 6.13. The van der Waals surface area contributed by atoms with E-state index in [1.807, 2.05) is 60.7 Å². The maximum absolute atomic E-state index is 10.5. The monoisotopic (exact) mass is 268 g/mol. The Morgan fingerprint density at radius 2 is 1.40 bits per heavy atom.